The molecule has 2 heterocycles. The van der Waals surface area contributed by atoms with E-state index in [0.717, 1.165) is 19.4 Å². The second-order valence-electron chi connectivity index (χ2n) is 4.84. The summed E-state index contributed by atoms with van der Waals surface area (Å²) in [5, 5.41) is 8.07. The minimum atomic E-state index is -0.584. The van der Waals surface area contributed by atoms with Crippen LogP contribution in [0.25, 0.3) is 0 Å². The van der Waals surface area contributed by atoms with Gasteiger partial charge in [0.15, 0.2) is 0 Å². The Morgan fingerprint density at radius 1 is 1.47 bits per heavy atom. The van der Waals surface area contributed by atoms with Crippen LogP contribution in [-0.4, -0.2) is 35.8 Å². The lowest BCUT2D eigenvalue weighted by Crippen LogP contribution is -2.59. The molecule has 0 aromatic carbocycles. The van der Waals surface area contributed by atoms with Crippen molar-refractivity contribution in [2.75, 3.05) is 6.54 Å². The molecule has 0 aromatic heterocycles. The number of hydrogen-bond acceptors (Lipinski definition) is 4. The molecule has 17 heavy (non-hydrogen) atoms. The van der Waals surface area contributed by atoms with Crippen molar-refractivity contribution in [2.24, 2.45) is 0 Å². The van der Waals surface area contributed by atoms with Gasteiger partial charge in [-0.1, -0.05) is 0 Å². The van der Waals surface area contributed by atoms with Crippen LogP contribution in [0.4, 0.5) is 0 Å². The van der Waals surface area contributed by atoms with Gasteiger partial charge in [0.25, 0.3) is 0 Å². The fourth-order valence-electron chi connectivity index (χ4n) is 2.24. The second kappa shape index (κ2) is 4.44. The highest BCUT2D eigenvalue weighted by atomic mass is 16.2. The maximum atomic E-state index is 12.0. The van der Waals surface area contributed by atoms with Crippen molar-refractivity contribution in [3.05, 3.63) is 0 Å². The van der Waals surface area contributed by atoms with Gasteiger partial charge in [-0.25, -0.2) is 0 Å². The predicted molar refractivity (Wildman–Crippen MR) is 60.0 cm³/mol. The first kappa shape index (κ1) is 12.0. The lowest BCUT2D eigenvalue weighted by Gasteiger charge is -2.28. The quantitative estimate of drug-likeness (QED) is 0.542. The van der Waals surface area contributed by atoms with Crippen LogP contribution < -0.4 is 16.0 Å². The van der Waals surface area contributed by atoms with Crippen molar-refractivity contribution in [3.63, 3.8) is 0 Å². The highest BCUT2D eigenvalue weighted by Gasteiger charge is 2.38. The third-order valence-electron chi connectivity index (χ3n) is 3.41. The summed E-state index contributed by atoms with van der Waals surface area (Å²) in [4.78, 5) is 34.5. The molecule has 0 radical (unpaired) electrons. The minimum absolute atomic E-state index is 0.163. The van der Waals surface area contributed by atoms with Gasteiger partial charge >= 0.3 is 0 Å². The van der Waals surface area contributed by atoms with E-state index in [1.54, 1.807) is 0 Å². The van der Waals surface area contributed by atoms with E-state index in [2.05, 4.69) is 16.0 Å². The zero-order valence-corrected chi connectivity index (χ0v) is 9.84. The van der Waals surface area contributed by atoms with E-state index in [0.29, 0.717) is 6.42 Å². The Kier molecular flexibility index (Phi) is 3.15. The van der Waals surface area contributed by atoms with Crippen LogP contribution in [0, 0.1) is 0 Å². The average molecular weight is 239 g/mol. The van der Waals surface area contributed by atoms with E-state index in [1.165, 1.54) is 0 Å². The molecular formula is C11H17N3O3. The van der Waals surface area contributed by atoms with Crippen molar-refractivity contribution in [1.82, 2.24) is 16.0 Å². The number of nitrogens with one attached hydrogen (secondary N) is 3. The molecule has 94 valence electrons. The minimum Gasteiger partial charge on any atom is -0.343 e. The summed E-state index contributed by atoms with van der Waals surface area (Å²) in [5.74, 6) is -0.841. The summed E-state index contributed by atoms with van der Waals surface area (Å²) < 4.78 is 0. The Labute approximate surface area is 99.5 Å². The zero-order chi connectivity index (χ0) is 12.5. The third kappa shape index (κ3) is 2.46. The number of carbonyl (C=O) groups excluding carboxylic acids is 3. The molecule has 0 aromatic rings. The average Bonchev–Trinajstić information content (AvgIpc) is 2.71. The first-order chi connectivity index (χ1) is 8.01. The number of carbonyl (C=O) groups is 3. The van der Waals surface area contributed by atoms with Crippen molar-refractivity contribution >= 4 is 17.7 Å². The van der Waals surface area contributed by atoms with Crippen LogP contribution in [0.3, 0.4) is 0 Å². The van der Waals surface area contributed by atoms with E-state index in [-0.39, 0.29) is 18.2 Å². The summed E-state index contributed by atoms with van der Waals surface area (Å²) in [6.07, 6.45) is 2.39. The summed E-state index contributed by atoms with van der Waals surface area (Å²) >= 11 is 0. The summed E-state index contributed by atoms with van der Waals surface area (Å²) in [6, 6.07) is -0.584. The van der Waals surface area contributed by atoms with Crippen molar-refractivity contribution in [1.29, 1.82) is 0 Å². The van der Waals surface area contributed by atoms with E-state index >= 15 is 0 Å². The largest absolute Gasteiger partial charge is 0.343 e. The lowest BCUT2D eigenvalue weighted by atomic mass is 9.97. The maximum Gasteiger partial charge on any atom is 0.249 e. The van der Waals surface area contributed by atoms with Gasteiger partial charge in [-0.15, -0.1) is 0 Å². The van der Waals surface area contributed by atoms with Gasteiger partial charge in [0.1, 0.15) is 6.04 Å². The Morgan fingerprint density at radius 3 is 2.82 bits per heavy atom. The monoisotopic (exact) mass is 239 g/mol. The molecular weight excluding hydrogens is 222 g/mol. The SMILES string of the molecule is CC1(C(=O)NC2CCC(=O)NC2=O)CCCN1. The van der Waals surface area contributed by atoms with Crippen LogP contribution in [0.2, 0.25) is 0 Å². The molecule has 0 spiro atoms. The van der Waals surface area contributed by atoms with Crippen molar-refractivity contribution in [3.8, 4) is 0 Å². The van der Waals surface area contributed by atoms with Crippen molar-refractivity contribution in [2.45, 2.75) is 44.2 Å². The van der Waals surface area contributed by atoms with E-state index < -0.39 is 17.5 Å². The lowest BCUT2D eigenvalue weighted by molar-refractivity contribution is -0.138. The van der Waals surface area contributed by atoms with Crippen LogP contribution in [-0.2, 0) is 14.4 Å². The highest BCUT2D eigenvalue weighted by Crippen LogP contribution is 2.19. The predicted octanol–water partition coefficient (Wildman–Crippen LogP) is -0.950. The molecule has 2 fully saturated rings. The molecule has 0 aliphatic carbocycles. The number of piperidine rings is 1. The molecule has 6 heteroatoms. The van der Waals surface area contributed by atoms with Gasteiger partial charge in [0.2, 0.25) is 17.7 Å². The normalized spacial score (nSPS) is 33.4. The number of imide groups is 1. The van der Waals surface area contributed by atoms with E-state index in [4.69, 9.17) is 0 Å². The number of hydrogen-bond donors (Lipinski definition) is 3. The van der Waals surface area contributed by atoms with E-state index in [9.17, 15) is 14.4 Å². The van der Waals surface area contributed by atoms with Gasteiger partial charge in [-0.3, -0.25) is 19.7 Å². The van der Waals surface area contributed by atoms with Gasteiger partial charge in [-0.2, -0.15) is 0 Å². The van der Waals surface area contributed by atoms with Crippen LogP contribution in [0.1, 0.15) is 32.6 Å². The van der Waals surface area contributed by atoms with Crippen molar-refractivity contribution < 1.29 is 14.4 Å². The molecule has 3 amide bonds. The zero-order valence-electron chi connectivity index (χ0n) is 9.84. The molecule has 6 nitrogen and oxygen atoms in total. The first-order valence-electron chi connectivity index (χ1n) is 5.91. The molecule has 0 saturated carbocycles. The fraction of sp³-hybridized carbons (Fsp3) is 0.727. The van der Waals surface area contributed by atoms with Gasteiger partial charge in [0.05, 0.1) is 5.54 Å². The Balaban J connectivity index is 1.94. The van der Waals surface area contributed by atoms with Gasteiger partial charge in [0, 0.05) is 6.42 Å². The molecule has 2 aliphatic heterocycles. The summed E-state index contributed by atoms with van der Waals surface area (Å²) in [5.41, 5.74) is -0.582. The fourth-order valence-corrected chi connectivity index (χ4v) is 2.24. The number of amides is 3. The molecule has 2 rings (SSSR count). The summed E-state index contributed by atoms with van der Waals surface area (Å²) in [7, 11) is 0. The van der Waals surface area contributed by atoms with Crippen LogP contribution in [0.5, 0.6) is 0 Å². The molecule has 2 unspecified atom stereocenters. The Hall–Kier alpha value is -1.43. The van der Waals surface area contributed by atoms with Crippen LogP contribution >= 0.6 is 0 Å². The Bertz CT molecular complexity index is 361. The maximum absolute atomic E-state index is 12.0. The molecule has 2 saturated heterocycles. The van der Waals surface area contributed by atoms with E-state index in [1.807, 2.05) is 6.92 Å². The smallest absolute Gasteiger partial charge is 0.249 e. The van der Waals surface area contributed by atoms with Gasteiger partial charge in [-0.05, 0) is 32.7 Å². The summed E-state index contributed by atoms with van der Waals surface area (Å²) in [6.45, 7) is 2.65. The molecule has 0 bridgehead atoms. The number of rotatable bonds is 2. The Morgan fingerprint density at radius 2 is 2.24 bits per heavy atom. The second-order valence-corrected chi connectivity index (χ2v) is 4.84. The third-order valence-corrected chi connectivity index (χ3v) is 3.41. The van der Waals surface area contributed by atoms with Gasteiger partial charge < -0.3 is 10.6 Å². The molecule has 2 atom stereocenters. The molecule has 3 N–H and O–H groups in total. The topological polar surface area (TPSA) is 87.3 Å². The standard InChI is InChI=1S/C11H17N3O3/c1-11(5-2-6-12-11)10(17)13-7-3-4-8(15)14-9(7)16/h7,12H,2-6H2,1H3,(H,13,17)(H,14,15,16). The molecule has 2 aliphatic rings. The highest BCUT2D eigenvalue weighted by molar-refractivity contribution is 6.02. The van der Waals surface area contributed by atoms with Crippen LogP contribution in [0.15, 0.2) is 0 Å². The first-order valence-corrected chi connectivity index (χ1v) is 5.91.